The van der Waals surface area contributed by atoms with E-state index in [-0.39, 0.29) is 11.9 Å². The van der Waals surface area contributed by atoms with Crippen LogP contribution in [-0.4, -0.2) is 18.1 Å². The van der Waals surface area contributed by atoms with Gasteiger partial charge >= 0.3 is 0 Å². The Morgan fingerprint density at radius 1 is 1.33 bits per heavy atom. The molecule has 102 valence electrons. The normalized spacial score (nSPS) is 14.6. The average Bonchev–Trinajstić information content (AvgIpc) is 2.31. The van der Waals surface area contributed by atoms with Gasteiger partial charge in [-0.3, -0.25) is 0 Å². The van der Waals surface area contributed by atoms with Gasteiger partial charge in [-0.2, -0.15) is 11.8 Å². The molecule has 2 atom stereocenters. The van der Waals surface area contributed by atoms with Crippen molar-refractivity contribution in [2.24, 2.45) is 0 Å². The molecule has 0 amide bonds. The predicted octanol–water partition coefficient (Wildman–Crippen LogP) is 4.23. The fourth-order valence-electron chi connectivity index (χ4n) is 2.06. The van der Waals surface area contributed by atoms with Crippen LogP contribution in [0.4, 0.5) is 4.39 Å². The van der Waals surface area contributed by atoms with Crippen LogP contribution in [-0.2, 0) is 0 Å². The molecule has 1 rings (SSSR count). The van der Waals surface area contributed by atoms with Crippen LogP contribution >= 0.6 is 11.8 Å². The maximum atomic E-state index is 14.1. The maximum Gasteiger partial charge on any atom is 0.128 e. The molecule has 0 fully saturated rings. The van der Waals surface area contributed by atoms with Crippen LogP contribution in [0.25, 0.3) is 0 Å². The topological polar surface area (TPSA) is 12.0 Å². The van der Waals surface area contributed by atoms with E-state index in [1.54, 1.807) is 6.07 Å². The molecule has 0 bridgehead atoms. The second kappa shape index (κ2) is 7.15. The summed E-state index contributed by atoms with van der Waals surface area (Å²) in [5.74, 6) is 0.823. The molecule has 0 aromatic heterocycles. The molecule has 0 heterocycles. The Bertz CT molecular complexity index is 369. The Morgan fingerprint density at radius 3 is 2.50 bits per heavy atom. The van der Waals surface area contributed by atoms with Crippen molar-refractivity contribution in [2.75, 3.05) is 12.8 Å². The van der Waals surface area contributed by atoms with Crippen LogP contribution in [0.3, 0.4) is 0 Å². The number of nitrogens with one attached hydrogen (secondary N) is 1. The number of rotatable bonds is 6. The predicted molar refractivity (Wildman–Crippen MR) is 79.9 cm³/mol. The third-order valence-corrected chi connectivity index (χ3v) is 4.73. The van der Waals surface area contributed by atoms with Crippen LogP contribution in [0, 0.1) is 19.7 Å². The zero-order chi connectivity index (χ0) is 13.7. The molecule has 3 heteroatoms. The summed E-state index contributed by atoms with van der Waals surface area (Å²) in [5, 5.41) is 3.86. The van der Waals surface area contributed by atoms with Crippen molar-refractivity contribution in [2.45, 2.75) is 45.4 Å². The number of hydrogen-bond donors (Lipinski definition) is 1. The van der Waals surface area contributed by atoms with Gasteiger partial charge in [0.1, 0.15) is 5.82 Å². The van der Waals surface area contributed by atoms with Gasteiger partial charge in [-0.15, -0.1) is 0 Å². The fraction of sp³-hybridized carbons (Fsp3) is 0.600. The average molecular weight is 269 g/mol. The quantitative estimate of drug-likeness (QED) is 0.829. The van der Waals surface area contributed by atoms with Gasteiger partial charge in [0.2, 0.25) is 0 Å². The smallest absolute Gasteiger partial charge is 0.128 e. The van der Waals surface area contributed by atoms with Crippen LogP contribution < -0.4 is 5.32 Å². The molecule has 1 aromatic carbocycles. The van der Waals surface area contributed by atoms with Crippen LogP contribution in [0.5, 0.6) is 0 Å². The first kappa shape index (κ1) is 15.5. The highest BCUT2D eigenvalue weighted by Gasteiger charge is 2.17. The first-order valence-electron chi connectivity index (χ1n) is 6.55. The van der Waals surface area contributed by atoms with E-state index in [1.165, 1.54) is 0 Å². The summed E-state index contributed by atoms with van der Waals surface area (Å²) in [6.07, 6.45) is 1.15. The van der Waals surface area contributed by atoms with Crippen LogP contribution in [0.2, 0.25) is 0 Å². The van der Waals surface area contributed by atoms with E-state index in [9.17, 15) is 4.39 Å². The monoisotopic (exact) mass is 269 g/mol. The van der Waals surface area contributed by atoms with Gasteiger partial charge in [-0.25, -0.2) is 4.39 Å². The lowest BCUT2D eigenvalue weighted by Gasteiger charge is -2.21. The standard InChI is InChI=1S/C15H24FNS/c1-6-12(4)18-9-14(17-5)15-11(3)7-10(2)8-13(15)16/h7-8,12,14,17H,6,9H2,1-5H3. The lowest BCUT2D eigenvalue weighted by Crippen LogP contribution is -2.22. The van der Waals surface area contributed by atoms with E-state index in [2.05, 4.69) is 25.2 Å². The summed E-state index contributed by atoms with van der Waals surface area (Å²) >= 11 is 1.90. The van der Waals surface area contributed by atoms with E-state index in [0.29, 0.717) is 5.25 Å². The summed E-state index contributed by atoms with van der Waals surface area (Å²) in [6.45, 7) is 8.32. The van der Waals surface area contributed by atoms with E-state index in [4.69, 9.17) is 0 Å². The molecule has 0 aliphatic rings. The highest BCUT2D eigenvalue weighted by molar-refractivity contribution is 7.99. The Hall–Kier alpha value is -0.540. The molecule has 0 aliphatic carbocycles. The number of halogens is 1. The SMILES string of the molecule is CCC(C)SCC(NC)c1c(C)cc(C)cc1F. The number of aryl methyl sites for hydroxylation is 2. The number of hydrogen-bond acceptors (Lipinski definition) is 2. The minimum absolute atomic E-state index is 0.0865. The van der Waals surface area contributed by atoms with Gasteiger partial charge in [-0.1, -0.05) is 19.9 Å². The van der Waals surface area contributed by atoms with Gasteiger partial charge in [0.05, 0.1) is 0 Å². The highest BCUT2D eigenvalue weighted by Crippen LogP contribution is 2.27. The first-order valence-corrected chi connectivity index (χ1v) is 7.60. The molecule has 0 saturated heterocycles. The third-order valence-electron chi connectivity index (χ3n) is 3.30. The second-order valence-corrected chi connectivity index (χ2v) is 6.34. The van der Waals surface area contributed by atoms with E-state index < -0.39 is 0 Å². The Kier molecular flexibility index (Phi) is 6.16. The van der Waals surface area contributed by atoms with Crippen molar-refractivity contribution in [3.8, 4) is 0 Å². The molecular weight excluding hydrogens is 245 g/mol. The third kappa shape index (κ3) is 3.99. The molecule has 1 aromatic rings. The van der Waals surface area contributed by atoms with Gasteiger partial charge in [-0.05, 0) is 44.5 Å². The zero-order valence-corrected chi connectivity index (χ0v) is 12.8. The van der Waals surface area contributed by atoms with E-state index in [0.717, 1.165) is 28.9 Å². The van der Waals surface area contributed by atoms with Crippen molar-refractivity contribution < 1.29 is 4.39 Å². The van der Waals surface area contributed by atoms with Crippen molar-refractivity contribution >= 4 is 11.8 Å². The Labute approximate surface area is 115 Å². The molecule has 0 radical (unpaired) electrons. The molecule has 1 nitrogen and oxygen atoms in total. The van der Waals surface area contributed by atoms with Crippen LogP contribution in [0.15, 0.2) is 12.1 Å². The molecule has 1 N–H and O–H groups in total. The Morgan fingerprint density at radius 2 is 2.00 bits per heavy atom. The van der Waals surface area contributed by atoms with Gasteiger partial charge in [0.15, 0.2) is 0 Å². The molecule has 0 spiro atoms. The molecule has 0 saturated carbocycles. The second-order valence-electron chi connectivity index (χ2n) is 4.87. The van der Waals surface area contributed by atoms with Gasteiger partial charge in [0.25, 0.3) is 0 Å². The Balaban J connectivity index is 2.88. The van der Waals surface area contributed by atoms with Gasteiger partial charge < -0.3 is 5.32 Å². The lowest BCUT2D eigenvalue weighted by molar-refractivity contribution is 0.561. The maximum absolute atomic E-state index is 14.1. The van der Waals surface area contributed by atoms with E-state index in [1.807, 2.05) is 32.7 Å². The fourth-order valence-corrected chi connectivity index (χ4v) is 3.15. The largest absolute Gasteiger partial charge is 0.312 e. The van der Waals surface area contributed by atoms with E-state index >= 15 is 0 Å². The van der Waals surface area contributed by atoms with Crippen molar-refractivity contribution in [3.05, 3.63) is 34.6 Å². The van der Waals surface area contributed by atoms with Crippen molar-refractivity contribution in [3.63, 3.8) is 0 Å². The molecule has 18 heavy (non-hydrogen) atoms. The van der Waals surface area contributed by atoms with Crippen molar-refractivity contribution in [1.82, 2.24) is 5.32 Å². The summed E-state index contributed by atoms with van der Waals surface area (Å²) in [7, 11) is 1.90. The number of thioether (sulfide) groups is 1. The van der Waals surface area contributed by atoms with Crippen molar-refractivity contribution in [1.29, 1.82) is 0 Å². The molecule has 2 unspecified atom stereocenters. The summed E-state index contributed by atoms with van der Waals surface area (Å²) in [4.78, 5) is 0. The summed E-state index contributed by atoms with van der Waals surface area (Å²) < 4.78 is 14.1. The highest BCUT2D eigenvalue weighted by atomic mass is 32.2. The molecule has 0 aliphatic heterocycles. The summed E-state index contributed by atoms with van der Waals surface area (Å²) in [6, 6.07) is 3.77. The minimum Gasteiger partial charge on any atom is -0.312 e. The minimum atomic E-state index is -0.0865. The first-order chi connectivity index (χ1) is 8.49. The molecular formula is C15H24FNS. The lowest BCUT2D eigenvalue weighted by atomic mass is 9.99. The summed E-state index contributed by atoms with van der Waals surface area (Å²) in [5.41, 5.74) is 2.84. The number of benzene rings is 1. The van der Waals surface area contributed by atoms with Gasteiger partial charge in [0, 0.05) is 22.6 Å². The zero-order valence-electron chi connectivity index (χ0n) is 12.0. The van der Waals surface area contributed by atoms with Crippen LogP contribution in [0.1, 0.15) is 43.0 Å².